The number of hydrogen-bond donors (Lipinski definition) is 2. The molecule has 120 valence electrons. The Morgan fingerprint density at radius 3 is 2.43 bits per heavy atom. The molecule has 1 heterocycles. The summed E-state index contributed by atoms with van der Waals surface area (Å²) in [7, 11) is 0. The third kappa shape index (κ3) is 4.18. The largest absolute Gasteiger partial charge is 0.393 e. The molecular weight excluding hydrogens is 288 g/mol. The van der Waals surface area contributed by atoms with Crippen LogP contribution in [-0.4, -0.2) is 35.1 Å². The Labute approximate surface area is 136 Å². The number of carbonyl (C=O) groups excluding carboxylic acids is 1. The first-order valence-corrected chi connectivity index (χ1v) is 8.07. The second kappa shape index (κ2) is 7.40. The SMILES string of the molecule is O=C(Nc1ccccc1CN1CCC(O)CC1)c1ccccc1. The van der Waals surface area contributed by atoms with Crippen LogP contribution >= 0.6 is 0 Å². The number of nitrogens with one attached hydrogen (secondary N) is 1. The Kier molecular flexibility index (Phi) is 5.05. The maximum atomic E-state index is 12.3. The average molecular weight is 310 g/mol. The quantitative estimate of drug-likeness (QED) is 0.913. The first-order chi connectivity index (χ1) is 11.2. The van der Waals surface area contributed by atoms with Crippen molar-refractivity contribution in [2.24, 2.45) is 0 Å². The van der Waals surface area contributed by atoms with Crippen molar-refractivity contribution in [3.63, 3.8) is 0 Å². The minimum absolute atomic E-state index is 0.0906. The molecule has 2 aromatic rings. The summed E-state index contributed by atoms with van der Waals surface area (Å²) in [6.45, 7) is 2.57. The third-order valence-electron chi connectivity index (χ3n) is 4.25. The van der Waals surface area contributed by atoms with Crippen molar-refractivity contribution in [1.29, 1.82) is 0 Å². The number of para-hydroxylation sites is 1. The predicted molar refractivity (Wildman–Crippen MR) is 91.4 cm³/mol. The van der Waals surface area contributed by atoms with Crippen LogP contribution < -0.4 is 5.32 Å². The zero-order chi connectivity index (χ0) is 16.1. The lowest BCUT2D eigenvalue weighted by Crippen LogP contribution is -2.35. The molecule has 0 atom stereocenters. The summed E-state index contributed by atoms with van der Waals surface area (Å²) in [5.41, 5.74) is 2.61. The molecule has 2 N–H and O–H groups in total. The number of piperidine rings is 1. The topological polar surface area (TPSA) is 52.6 Å². The van der Waals surface area contributed by atoms with Gasteiger partial charge in [0.05, 0.1) is 6.10 Å². The van der Waals surface area contributed by atoms with Crippen molar-refractivity contribution in [1.82, 2.24) is 4.90 Å². The van der Waals surface area contributed by atoms with E-state index in [0.717, 1.165) is 43.7 Å². The molecule has 0 unspecified atom stereocenters. The van der Waals surface area contributed by atoms with Crippen LogP contribution in [0.2, 0.25) is 0 Å². The van der Waals surface area contributed by atoms with Gasteiger partial charge in [-0.2, -0.15) is 0 Å². The molecule has 0 aliphatic carbocycles. The molecule has 0 saturated carbocycles. The highest BCUT2D eigenvalue weighted by Crippen LogP contribution is 2.20. The number of anilines is 1. The number of amides is 1. The maximum Gasteiger partial charge on any atom is 0.255 e. The molecule has 1 amide bonds. The van der Waals surface area contributed by atoms with E-state index in [-0.39, 0.29) is 12.0 Å². The Balaban J connectivity index is 1.69. The van der Waals surface area contributed by atoms with Gasteiger partial charge in [0.15, 0.2) is 0 Å². The highest BCUT2D eigenvalue weighted by atomic mass is 16.3. The van der Waals surface area contributed by atoms with Gasteiger partial charge in [-0.25, -0.2) is 0 Å². The van der Waals surface area contributed by atoms with Crippen LogP contribution in [0.5, 0.6) is 0 Å². The molecule has 0 bridgehead atoms. The summed E-state index contributed by atoms with van der Waals surface area (Å²) in [5, 5.41) is 12.6. The zero-order valence-electron chi connectivity index (χ0n) is 13.1. The lowest BCUT2D eigenvalue weighted by Gasteiger charge is -2.30. The highest BCUT2D eigenvalue weighted by molar-refractivity contribution is 6.04. The minimum atomic E-state index is -0.167. The van der Waals surface area contributed by atoms with Gasteiger partial charge in [0.1, 0.15) is 0 Å². The Morgan fingerprint density at radius 1 is 1.04 bits per heavy atom. The number of likely N-dealkylation sites (tertiary alicyclic amines) is 1. The van der Waals surface area contributed by atoms with E-state index in [1.54, 1.807) is 0 Å². The van der Waals surface area contributed by atoms with E-state index in [1.165, 1.54) is 0 Å². The van der Waals surface area contributed by atoms with E-state index in [0.29, 0.717) is 5.56 Å². The van der Waals surface area contributed by atoms with Gasteiger partial charge in [-0.3, -0.25) is 9.69 Å². The van der Waals surface area contributed by atoms with Crippen LogP contribution in [-0.2, 0) is 6.54 Å². The molecule has 3 rings (SSSR count). The fourth-order valence-corrected chi connectivity index (χ4v) is 2.88. The average Bonchev–Trinajstić information content (AvgIpc) is 2.59. The van der Waals surface area contributed by atoms with E-state index in [1.807, 2.05) is 54.6 Å². The molecule has 2 aromatic carbocycles. The smallest absolute Gasteiger partial charge is 0.255 e. The van der Waals surface area contributed by atoms with Crippen LogP contribution in [0.25, 0.3) is 0 Å². The van der Waals surface area contributed by atoms with Crippen LogP contribution in [0.4, 0.5) is 5.69 Å². The molecule has 1 saturated heterocycles. The van der Waals surface area contributed by atoms with Gasteiger partial charge < -0.3 is 10.4 Å². The van der Waals surface area contributed by atoms with Crippen LogP contribution in [0.15, 0.2) is 54.6 Å². The Bertz CT molecular complexity index is 649. The van der Waals surface area contributed by atoms with Crippen molar-refractivity contribution in [2.75, 3.05) is 18.4 Å². The van der Waals surface area contributed by atoms with Crippen molar-refractivity contribution in [3.8, 4) is 0 Å². The molecule has 4 nitrogen and oxygen atoms in total. The molecule has 0 aromatic heterocycles. The third-order valence-corrected chi connectivity index (χ3v) is 4.25. The number of benzene rings is 2. The minimum Gasteiger partial charge on any atom is -0.393 e. The fraction of sp³-hybridized carbons (Fsp3) is 0.316. The lowest BCUT2D eigenvalue weighted by atomic mass is 10.1. The van der Waals surface area contributed by atoms with Gasteiger partial charge in [-0.1, -0.05) is 36.4 Å². The predicted octanol–water partition coefficient (Wildman–Crippen LogP) is 2.90. The van der Waals surface area contributed by atoms with E-state index >= 15 is 0 Å². The van der Waals surface area contributed by atoms with Crippen molar-refractivity contribution >= 4 is 11.6 Å². The second-order valence-electron chi connectivity index (χ2n) is 5.98. The van der Waals surface area contributed by atoms with E-state index in [4.69, 9.17) is 0 Å². The lowest BCUT2D eigenvalue weighted by molar-refractivity contribution is 0.0793. The number of carbonyl (C=O) groups is 1. The first kappa shape index (κ1) is 15.7. The van der Waals surface area contributed by atoms with Crippen LogP contribution in [0.3, 0.4) is 0 Å². The van der Waals surface area contributed by atoms with Gasteiger partial charge in [-0.05, 0) is 36.6 Å². The zero-order valence-corrected chi connectivity index (χ0v) is 13.1. The Hall–Kier alpha value is -2.17. The van der Waals surface area contributed by atoms with Gasteiger partial charge >= 0.3 is 0 Å². The Morgan fingerprint density at radius 2 is 1.70 bits per heavy atom. The summed E-state index contributed by atoms with van der Waals surface area (Å²) < 4.78 is 0. The van der Waals surface area contributed by atoms with Crippen LogP contribution in [0.1, 0.15) is 28.8 Å². The van der Waals surface area contributed by atoms with E-state index in [2.05, 4.69) is 10.2 Å². The van der Waals surface area contributed by atoms with E-state index < -0.39 is 0 Å². The van der Waals surface area contributed by atoms with Crippen LogP contribution in [0, 0.1) is 0 Å². The summed E-state index contributed by atoms with van der Waals surface area (Å²) in [6.07, 6.45) is 1.47. The van der Waals surface area contributed by atoms with E-state index in [9.17, 15) is 9.90 Å². The van der Waals surface area contributed by atoms with Crippen molar-refractivity contribution < 1.29 is 9.90 Å². The standard InChI is InChI=1S/C19H22N2O2/c22-17-10-12-21(13-11-17)14-16-8-4-5-9-18(16)20-19(23)15-6-2-1-3-7-15/h1-9,17,22H,10-14H2,(H,20,23). The molecule has 0 radical (unpaired) electrons. The summed E-state index contributed by atoms with van der Waals surface area (Å²) in [4.78, 5) is 14.7. The monoisotopic (exact) mass is 310 g/mol. The fourth-order valence-electron chi connectivity index (χ4n) is 2.88. The number of nitrogens with zero attached hydrogens (tertiary/aromatic N) is 1. The summed E-state index contributed by atoms with van der Waals surface area (Å²) >= 11 is 0. The molecule has 1 aliphatic rings. The number of aliphatic hydroxyl groups excluding tert-OH is 1. The second-order valence-corrected chi connectivity index (χ2v) is 5.98. The summed E-state index contributed by atoms with van der Waals surface area (Å²) in [5.74, 6) is -0.0906. The van der Waals surface area contributed by atoms with Crippen molar-refractivity contribution in [3.05, 3.63) is 65.7 Å². The number of aliphatic hydroxyl groups is 1. The molecule has 1 aliphatic heterocycles. The molecule has 0 spiro atoms. The highest BCUT2D eigenvalue weighted by Gasteiger charge is 2.18. The molecular formula is C19H22N2O2. The van der Waals surface area contributed by atoms with Gasteiger partial charge in [0, 0.05) is 30.9 Å². The van der Waals surface area contributed by atoms with Crippen molar-refractivity contribution in [2.45, 2.75) is 25.5 Å². The molecule has 1 fully saturated rings. The van der Waals surface area contributed by atoms with Gasteiger partial charge in [0.25, 0.3) is 5.91 Å². The van der Waals surface area contributed by atoms with Gasteiger partial charge in [0.2, 0.25) is 0 Å². The maximum absolute atomic E-state index is 12.3. The summed E-state index contributed by atoms with van der Waals surface area (Å²) in [6, 6.07) is 17.2. The first-order valence-electron chi connectivity index (χ1n) is 8.07. The number of rotatable bonds is 4. The molecule has 23 heavy (non-hydrogen) atoms. The molecule has 4 heteroatoms. The normalized spacial score (nSPS) is 16.2. The number of hydrogen-bond acceptors (Lipinski definition) is 3. The van der Waals surface area contributed by atoms with Gasteiger partial charge in [-0.15, -0.1) is 0 Å².